The standard InChI is InChI=1S/C40H50O7/c1-9-25-15-14-24(13-11-10-12-21(2)3)18-27(25)26-16-17-29(42)31-28(26)19-38(7)20-39(8)32(22(4)5)34(43)30(23(6)41)36(45)40(39,47)37(46)33(38)35(31)44/h14-18,21-22,30,32-33,42,47H,9-13,19-20H2,1-8H3/t30?,32?,33?,38-,39-,40+/m1/s1. The fourth-order valence-electron chi connectivity index (χ4n) is 9.61. The Kier molecular flexibility index (Phi) is 9.06. The van der Waals surface area contributed by atoms with Gasteiger partial charge < -0.3 is 10.2 Å². The molecule has 2 aromatic carbocycles. The normalized spacial score (nSPS) is 30.4. The predicted molar refractivity (Wildman–Crippen MR) is 180 cm³/mol. The molecule has 7 nitrogen and oxygen atoms in total. The maximum atomic E-state index is 14.6. The number of aliphatic hydroxyl groups is 1. The van der Waals surface area contributed by atoms with Crippen molar-refractivity contribution in [3.05, 3.63) is 52.6 Å². The van der Waals surface area contributed by atoms with Crippen molar-refractivity contribution in [1.29, 1.82) is 0 Å². The Balaban J connectivity index is 1.66. The second-order valence-corrected chi connectivity index (χ2v) is 15.8. The molecule has 0 bridgehead atoms. The van der Waals surface area contributed by atoms with Crippen molar-refractivity contribution in [3.63, 3.8) is 0 Å². The molecule has 2 aromatic rings. The minimum atomic E-state index is -2.70. The van der Waals surface area contributed by atoms with Gasteiger partial charge in [-0.2, -0.15) is 0 Å². The number of aryl methyl sites for hydroxylation is 2. The Labute approximate surface area is 278 Å². The highest BCUT2D eigenvalue weighted by Gasteiger charge is 2.76. The lowest BCUT2D eigenvalue weighted by Crippen LogP contribution is -2.76. The molecule has 3 unspecified atom stereocenters. The van der Waals surface area contributed by atoms with E-state index in [1.165, 1.54) is 18.1 Å². The van der Waals surface area contributed by atoms with Gasteiger partial charge in [0, 0.05) is 11.3 Å². The molecule has 2 fully saturated rings. The third-order valence-corrected chi connectivity index (χ3v) is 11.6. The number of hydrogen-bond donors (Lipinski definition) is 2. The van der Waals surface area contributed by atoms with Gasteiger partial charge in [-0.25, -0.2) is 0 Å². The van der Waals surface area contributed by atoms with Gasteiger partial charge in [0.05, 0.1) is 11.5 Å². The lowest BCUT2D eigenvalue weighted by atomic mass is 9.40. The van der Waals surface area contributed by atoms with E-state index in [1.807, 2.05) is 13.0 Å². The number of carbonyl (C=O) groups is 5. The molecule has 0 saturated heterocycles. The summed E-state index contributed by atoms with van der Waals surface area (Å²) in [6.07, 6.45) is 5.32. The van der Waals surface area contributed by atoms with E-state index in [1.54, 1.807) is 20.8 Å². The number of aromatic hydroxyl groups is 1. The molecule has 7 heteroatoms. The molecule has 47 heavy (non-hydrogen) atoms. The average molecular weight is 643 g/mol. The Morgan fingerprint density at radius 1 is 0.957 bits per heavy atom. The molecule has 252 valence electrons. The number of rotatable bonds is 9. The molecule has 0 aliphatic heterocycles. The smallest absolute Gasteiger partial charge is 0.190 e. The number of fused-ring (bicyclic) bond motifs is 3. The summed E-state index contributed by atoms with van der Waals surface area (Å²) in [5, 5.41) is 23.4. The molecule has 3 aliphatic carbocycles. The summed E-state index contributed by atoms with van der Waals surface area (Å²) < 4.78 is 0. The van der Waals surface area contributed by atoms with Crippen molar-refractivity contribution < 1.29 is 34.2 Å². The highest BCUT2D eigenvalue weighted by Crippen LogP contribution is 2.64. The average Bonchev–Trinajstić information content (AvgIpc) is 2.96. The highest BCUT2D eigenvalue weighted by molar-refractivity contribution is 6.32. The number of ketones is 5. The van der Waals surface area contributed by atoms with E-state index in [2.05, 4.69) is 39.0 Å². The molecule has 0 heterocycles. The Bertz CT molecular complexity index is 1670. The number of phenols is 1. The number of benzene rings is 2. The van der Waals surface area contributed by atoms with Gasteiger partial charge in [-0.05, 0) is 90.2 Å². The van der Waals surface area contributed by atoms with E-state index in [4.69, 9.17) is 0 Å². The van der Waals surface area contributed by atoms with E-state index in [0.717, 1.165) is 49.3 Å². The number of phenolic OH excluding ortho intramolecular Hbond substituents is 1. The van der Waals surface area contributed by atoms with Gasteiger partial charge in [0.15, 0.2) is 28.7 Å². The van der Waals surface area contributed by atoms with Crippen LogP contribution in [0.4, 0.5) is 0 Å². The third kappa shape index (κ3) is 5.24. The predicted octanol–water partition coefficient (Wildman–Crippen LogP) is 6.69. The third-order valence-electron chi connectivity index (χ3n) is 11.6. The fourth-order valence-corrected chi connectivity index (χ4v) is 9.61. The zero-order valence-corrected chi connectivity index (χ0v) is 29.2. The second-order valence-electron chi connectivity index (χ2n) is 15.8. The van der Waals surface area contributed by atoms with Crippen LogP contribution in [0.25, 0.3) is 11.1 Å². The summed E-state index contributed by atoms with van der Waals surface area (Å²) >= 11 is 0. The van der Waals surface area contributed by atoms with Crippen LogP contribution < -0.4 is 0 Å². The van der Waals surface area contributed by atoms with Crippen LogP contribution in [0.2, 0.25) is 0 Å². The Hall–Kier alpha value is -3.45. The summed E-state index contributed by atoms with van der Waals surface area (Å²) in [6.45, 7) is 14.7. The van der Waals surface area contributed by atoms with E-state index in [-0.39, 0.29) is 30.1 Å². The van der Waals surface area contributed by atoms with Crippen LogP contribution in [0.1, 0.15) is 108 Å². The summed E-state index contributed by atoms with van der Waals surface area (Å²) in [5.41, 5.74) is -0.533. The molecular weight excluding hydrogens is 592 g/mol. The quantitative estimate of drug-likeness (QED) is 0.231. The number of Topliss-reactive ketones (excluding diaryl/α,β-unsaturated/α-hetero) is 5. The molecule has 2 N–H and O–H groups in total. The molecule has 3 aliphatic rings. The summed E-state index contributed by atoms with van der Waals surface area (Å²) in [7, 11) is 0. The minimum absolute atomic E-state index is 0.0364. The summed E-state index contributed by atoms with van der Waals surface area (Å²) in [6, 6.07) is 9.80. The van der Waals surface area contributed by atoms with Crippen molar-refractivity contribution in [2.75, 3.05) is 0 Å². The Morgan fingerprint density at radius 2 is 1.64 bits per heavy atom. The van der Waals surface area contributed by atoms with Crippen LogP contribution in [0, 0.1) is 40.4 Å². The summed E-state index contributed by atoms with van der Waals surface area (Å²) in [5.74, 6) is -8.16. The number of carbonyl (C=O) groups excluding carboxylic acids is 5. The molecular formula is C40H50O7. The van der Waals surface area contributed by atoms with Gasteiger partial charge in [0.25, 0.3) is 0 Å². The lowest BCUT2D eigenvalue weighted by molar-refractivity contribution is -0.205. The van der Waals surface area contributed by atoms with Gasteiger partial charge in [0.1, 0.15) is 17.5 Å². The van der Waals surface area contributed by atoms with Crippen LogP contribution >= 0.6 is 0 Å². The zero-order valence-electron chi connectivity index (χ0n) is 29.2. The van der Waals surface area contributed by atoms with Crippen molar-refractivity contribution in [2.24, 2.45) is 40.4 Å². The molecule has 2 saturated carbocycles. The van der Waals surface area contributed by atoms with E-state index >= 15 is 0 Å². The maximum Gasteiger partial charge on any atom is 0.190 e. The van der Waals surface area contributed by atoms with Crippen molar-refractivity contribution >= 4 is 28.9 Å². The largest absolute Gasteiger partial charge is 0.507 e. The van der Waals surface area contributed by atoms with Crippen LogP contribution in [-0.2, 0) is 38.4 Å². The van der Waals surface area contributed by atoms with E-state index in [0.29, 0.717) is 11.5 Å². The molecule has 5 rings (SSSR count). The van der Waals surface area contributed by atoms with E-state index < -0.39 is 63.1 Å². The van der Waals surface area contributed by atoms with Gasteiger partial charge in [-0.1, -0.05) is 85.6 Å². The van der Waals surface area contributed by atoms with Gasteiger partial charge >= 0.3 is 0 Å². The van der Waals surface area contributed by atoms with Crippen LogP contribution in [-0.4, -0.2) is 44.7 Å². The fraction of sp³-hybridized carbons (Fsp3) is 0.575. The first kappa shape index (κ1) is 34.9. The first-order valence-electron chi connectivity index (χ1n) is 17.3. The summed E-state index contributed by atoms with van der Waals surface area (Å²) in [4.78, 5) is 69.4. The SMILES string of the molecule is CCc1ccc(CCCCC(C)C)cc1-c1ccc(O)c2c1C[C@]1(C)C[C@]3(C)C(C(C)C)C(=O)C(C(C)=O)C(=O)[C@]3(O)C(=O)C1C2=O. The highest BCUT2D eigenvalue weighted by atomic mass is 16.3. The number of hydrogen-bond acceptors (Lipinski definition) is 7. The Morgan fingerprint density at radius 3 is 2.23 bits per heavy atom. The molecule has 6 atom stereocenters. The maximum absolute atomic E-state index is 14.6. The monoisotopic (exact) mass is 642 g/mol. The molecule has 0 spiro atoms. The first-order valence-corrected chi connectivity index (χ1v) is 17.3. The zero-order chi connectivity index (χ0) is 34.8. The van der Waals surface area contributed by atoms with Crippen molar-refractivity contribution in [2.45, 2.75) is 106 Å². The van der Waals surface area contributed by atoms with Gasteiger partial charge in [-0.15, -0.1) is 0 Å². The lowest BCUT2D eigenvalue weighted by Gasteiger charge is -2.61. The van der Waals surface area contributed by atoms with Crippen LogP contribution in [0.15, 0.2) is 30.3 Å². The second kappa shape index (κ2) is 12.2. The minimum Gasteiger partial charge on any atom is -0.507 e. The topological polar surface area (TPSA) is 126 Å². The van der Waals surface area contributed by atoms with Crippen LogP contribution in [0.5, 0.6) is 5.75 Å². The van der Waals surface area contributed by atoms with Gasteiger partial charge in [-0.3, -0.25) is 24.0 Å². The molecule has 0 aromatic heterocycles. The van der Waals surface area contributed by atoms with Crippen LogP contribution in [0.3, 0.4) is 0 Å². The number of unbranched alkanes of at least 4 members (excludes halogenated alkanes) is 1. The van der Waals surface area contributed by atoms with Crippen molar-refractivity contribution in [1.82, 2.24) is 0 Å². The van der Waals surface area contributed by atoms with Crippen molar-refractivity contribution in [3.8, 4) is 16.9 Å². The first-order chi connectivity index (χ1) is 21.9. The molecule has 0 radical (unpaired) electrons. The van der Waals surface area contributed by atoms with E-state index in [9.17, 15) is 34.2 Å². The molecule has 0 amide bonds. The van der Waals surface area contributed by atoms with Gasteiger partial charge in [0.2, 0.25) is 0 Å².